The Bertz CT molecular complexity index is 147. The van der Waals surface area contributed by atoms with E-state index in [-0.39, 0.29) is 0 Å². The van der Waals surface area contributed by atoms with Gasteiger partial charge in [0.25, 0.3) is 0 Å². The molecule has 0 bridgehead atoms. The summed E-state index contributed by atoms with van der Waals surface area (Å²) in [5.41, 5.74) is 0. The number of rotatable bonds is 7. The van der Waals surface area contributed by atoms with E-state index < -0.39 is 7.60 Å². The topological polar surface area (TPSA) is 35.5 Å². The molecule has 1 atom stereocenters. The molecule has 0 aromatic heterocycles. The van der Waals surface area contributed by atoms with Gasteiger partial charge in [0.05, 0.1) is 6.61 Å². The van der Waals surface area contributed by atoms with Crippen LogP contribution in [0.2, 0.25) is 0 Å². The van der Waals surface area contributed by atoms with Crippen LogP contribution >= 0.6 is 7.60 Å². The average Bonchev–Trinajstić information content (AvgIpc) is 2.04. The first-order valence-corrected chi connectivity index (χ1v) is 6.39. The smallest absolute Gasteiger partial charge is 0.312 e. The molecule has 0 aliphatic rings. The van der Waals surface area contributed by atoms with Gasteiger partial charge in [0.15, 0.2) is 0 Å². The maximum Gasteiger partial charge on any atom is 0.327 e. The molecular formula is C8H19O3P. The van der Waals surface area contributed by atoms with Crippen molar-refractivity contribution >= 4 is 7.60 Å². The first-order valence-electron chi connectivity index (χ1n) is 4.40. The highest BCUT2D eigenvalue weighted by Gasteiger charge is 2.12. The third-order valence-electron chi connectivity index (χ3n) is 1.66. The van der Waals surface area contributed by atoms with Crippen molar-refractivity contribution in [1.82, 2.24) is 0 Å². The third-order valence-corrected chi connectivity index (χ3v) is 2.97. The summed E-state index contributed by atoms with van der Waals surface area (Å²) in [4.78, 5) is 0. The first-order chi connectivity index (χ1) is 5.62. The van der Waals surface area contributed by atoms with E-state index in [1.807, 2.05) is 0 Å². The number of hydrogen-bond acceptors (Lipinski definition) is 3. The third kappa shape index (κ3) is 6.84. The maximum absolute atomic E-state index is 11.2. The molecule has 0 spiro atoms. The Labute approximate surface area is 75.0 Å². The van der Waals surface area contributed by atoms with Crippen LogP contribution in [0.5, 0.6) is 0 Å². The Kier molecular flexibility index (Phi) is 6.73. The predicted molar refractivity (Wildman–Crippen MR) is 50.6 cm³/mol. The molecule has 0 aliphatic carbocycles. The summed E-state index contributed by atoms with van der Waals surface area (Å²) in [6.07, 6.45) is 4.52. The molecule has 0 radical (unpaired) electrons. The molecule has 1 unspecified atom stereocenters. The van der Waals surface area contributed by atoms with Crippen LogP contribution in [0.25, 0.3) is 0 Å². The summed E-state index contributed by atoms with van der Waals surface area (Å²) in [5, 5.41) is 0. The van der Waals surface area contributed by atoms with Crippen molar-refractivity contribution in [2.24, 2.45) is 0 Å². The lowest BCUT2D eigenvalue weighted by atomic mass is 10.2. The van der Waals surface area contributed by atoms with Crippen LogP contribution in [-0.4, -0.2) is 20.4 Å². The highest BCUT2D eigenvalue weighted by molar-refractivity contribution is 7.52. The Morgan fingerprint density at radius 1 is 1.25 bits per heavy atom. The van der Waals surface area contributed by atoms with Crippen molar-refractivity contribution in [1.29, 1.82) is 0 Å². The second-order valence-corrected chi connectivity index (χ2v) is 5.01. The Hall–Kier alpha value is 0.150. The molecular weight excluding hydrogens is 175 g/mol. The first kappa shape index (κ1) is 12.2. The fourth-order valence-corrected chi connectivity index (χ4v) is 1.38. The van der Waals surface area contributed by atoms with Gasteiger partial charge in [0.2, 0.25) is 0 Å². The van der Waals surface area contributed by atoms with Gasteiger partial charge < -0.3 is 9.05 Å². The van der Waals surface area contributed by atoms with E-state index in [1.165, 1.54) is 26.6 Å². The standard InChI is InChI=1S/C8H19O3P/c1-4-5-6-7-8-11-12(3,9)10-2/h4-8H2,1-3H3. The van der Waals surface area contributed by atoms with E-state index in [0.29, 0.717) is 6.61 Å². The zero-order valence-electron chi connectivity index (χ0n) is 8.21. The molecule has 0 heterocycles. The van der Waals surface area contributed by atoms with Crippen molar-refractivity contribution in [2.75, 3.05) is 20.4 Å². The highest BCUT2D eigenvalue weighted by Crippen LogP contribution is 2.42. The minimum Gasteiger partial charge on any atom is -0.312 e. The van der Waals surface area contributed by atoms with Gasteiger partial charge in [-0.2, -0.15) is 0 Å². The van der Waals surface area contributed by atoms with E-state index in [2.05, 4.69) is 11.4 Å². The summed E-state index contributed by atoms with van der Waals surface area (Å²) in [7, 11) is -1.31. The van der Waals surface area contributed by atoms with E-state index in [4.69, 9.17) is 4.52 Å². The Morgan fingerprint density at radius 2 is 1.92 bits per heavy atom. The van der Waals surface area contributed by atoms with Gasteiger partial charge in [0, 0.05) is 13.8 Å². The summed E-state index contributed by atoms with van der Waals surface area (Å²) in [6, 6.07) is 0. The van der Waals surface area contributed by atoms with Crippen molar-refractivity contribution in [3.8, 4) is 0 Å². The lowest BCUT2D eigenvalue weighted by Gasteiger charge is -2.10. The van der Waals surface area contributed by atoms with Gasteiger partial charge in [-0.1, -0.05) is 26.2 Å². The van der Waals surface area contributed by atoms with Crippen LogP contribution in [0.1, 0.15) is 32.6 Å². The van der Waals surface area contributed by atoms with E-state index in [1.54, 1.807) is 0 Å². The molecule has 4 heteroatoms. The Morgan fingerprint density at radius 3 is 2.42 bits per heavy atom. The molecule has 0 amide bonds. The molecule has 0 saturated heterocycles. The number of unbranched alkanes of at least 4 members (excludes halogenated alkanes) is 3. The monoisotopic (exact) mass is 194 g/mol. The SMILES string of the molecule is CCCCCCOP(C)(=O)OC. The van der Waals surface area contributed by atoms with Crippen molar-refractivity contribution in [2.45, 2.75) is 32.6 Å². The summed E-state index contributed by atoms with van der Waals surface area (Å²) >= 11 is 0. The lowest BCUT2D eigenvalue weighted by molar-refractivity contribution is 0.233. The summed E-state index contributed by atoms with van der Waals surface area (Å²) in [5.74, 6) is 0. The fourth-order valence-electron chi connectivity index (χ4n) is 0.812. The normalized spacial score (nSPS) is 15.9. The summed E-state index contributed by atoms with van der Waals surface area (Å²) in [6.45, 7) is 4.19. The van der Waals surface area contributed by atoms with Gasteiger partial charge in [-0.15, -0.1) is 0 Å². The highest BCUT2D eigenvalue weighted by atomic mass is 31.2. The second kappa shape index (κ2) is 6.64. The quantitative estimate of drug-likeness (QED) is 0.461. The molecule has 0 aromatic carbocycles. The van der Waals surface area contributed by atoms with Crippen LogP contribution in [0.15, 0.2) is 0 Å². The largest absolute Gasteiger partial charge is 0.327 e. The van der Waals surface area contributed by atoms with E-state index in [9.17, 15) is 4.57 Å². The van der Waals surface area contributed by atoms with E-state index in [0.717, 1.165) is 12.8 Å². The zero-order valence-corrected chi connectivity index (χ0v) is 9.10. The minimum absolute atomic E-state index is 0.543. The Balaban J connectivity index is 3.25. The van der Waals surface area contributed by atoms with Crippen LogP contribution < -0.4 is 0 Å². The maximum atomic E-state index is 11.2. The lowest BCUT2D eigenvalue weighted by Crippen LogP contribution is -1.93. The van der Waals surface area contributed by atoms with Gasteiger partial charge in [-0.3, -0.25) is 4.57 Å². The van der Waals surface area contributed by atoms with Gasteiger partial charge in [0.1, 0.15) is 0 Å². The molecule has 74 valence electrons. The van der Waals surface area contributed by atoms with Crippen LogP contribution in [0, 0.1) is 0 Å². The molecule has 0 aliphatic heterocycles. The number of hydrogen-bond donors (Lipinski definition) is 0. The van der Waals surface area contributed by atoms with Gasteiger partial charge in [-0.25, -0.2) is 0 Å². The molecule has 12 heavy (non-hydrogen) atoms. The molecule has 0 fully saturated rings. The van der Waals surface area contributed by atoms with Gasteiger partial charge in [-0.05, 0) is 6.42 Å². The fraction of sp³-hybridized carbons (Fsp3) is 1.00. The summed E-state index contributed by atoms with van der Waals surface area (Å²) < 4.78 is 20.9. The average molecular weight is 194 g/mol. The minimum atomic E-state index is -2.72. The molecule has 0 saturated carbocycles. The zero-order chi connectivity index (χ0) is 9.45. The van der Waals surface area contributed by atoms with Crippen molar-refractivity contribution in [3.63, 3.8) is 0 Å². The molecule has 0 aromatic rings. The van der Waals surface area contributed by atoms with Crippen molar-refractivity contribution in [3.05, 3.63) is 0 Å². The van der Waals surface area contributed by atoms with Crippen LogP contribution in [-0.2, 0) is 13.6 Å². The van der Waals surface area contributed by atoms with Crippen LogP contribution in [0.3, 0.4) is 0 Å². The molecule has 0 rings (SSSR count). The van der Waals surface area contributed by atoms with Crippen LogP contribution in [0.4, 0.5) is 0 Å². The molecule has 3 nitrogen and oxygen atoms in total. The van der Waals surface area contributed by atoms with Gasteiger partial charge >= 0.3 is 7.60 Å². The van der Waals surface area contributed by atoms with E-state index >= 15 is 0 Å². The predicted octanol–water partition coefficient (Wildman–Crippen LogP) is 3.05. The molecule has 0 N–H and O–H groups in total. The van der Waals surface area contributed by atoms with Crippen molar-refractivity contribution < 1.29 is 13.6 Å². The second-order valence-electron chi connectivity index (χ2n) is 2.85.